The Morgan fingerprint density at radius 1 is 1.33 bits per heavy atom. The van der Waals surface area contributed by atoms with Crippen LogP contribution in [0.1, 0.15) is 26.3 Å². The van der Waals surface area contributed by atoms with Crippen molar-refractivity contribution >= 4 is 5.96 Å². The molecule has 1 aromatic carbocycles. The van der Waals surface area contributed by atoms with Crippen molar-refractivity contribution in [2.24, 2.45) is 16.6 Å². The van der Waals surface area contributed by atoms with Crippen molar-refractivity contribution in [2.75, 3.05) is 19.7 Å². The molecule has 0 saturated heterocycles. The van der Waals surface area contributed by atoms with E-state index in [0.29, 0.717) is 18.4 Å². The highest BCUT2D eigenvalue weighted by Crippen LogP contribution is 2.13. The van der Waals surface area contributed by atoms with E-state index in [1.807, 2.05) is 19.1 Å². The SMILES string of the molecule is C=C(C)CN=C(N)NCCc1ccc(OCC(C)C)cc1. The Labute approximate surface area is 128 Å². The molecule has 3 N–H and O–H groups in total. The van der Waals surface area contributed by atoms with Crippen LogP contribution < -0.4 is 15.8 Å². The number of rotatable bonds is 8. The smallest absolute Gasteiger partial charge is 0.188 e. The molecule has 0 radical (unpaired) electrons. The second-order valence-corrected chi connectivity index (χ2v) is 5.68. The van der Waals surface area contributed by atoms with Gasteiger partial charge in [-0.05, 0) is 37.0 Å². The van der Waals surface area contributed by atoms with E-state index in [4.69, 9.17) is 10.5 Å². The number of guanidine groups is 1. The summed E-state index contributed by atoms with van der Waals surface area (Å²) in [4.78, 5) is 4.17. The molecule has 0 unspecified atom stereocenters. The van der Waals surface area contributed by atoms with Gasteiger partial charge < -0.3 is 15.8 Å². The Hall–Kier alpha value is -1.97. The van der Waals surface area contributed by atoms with Crippen LogP contribution in [0.3, 0.4) is 0 Å². The van der Waals surface area contributed by atoms with Gasteiger partial charge in [0.25, 0.3) is 0 Å². The fourth-order valence-corrected chi connectivity index (χ4v) is 1.63. The highest BCUT2D eigenvalue weighted by atomic mass is 16.5. The van der Waals surface area contributed by atoms with Gasteiger partial charge in [0.2, 0.25) is 0 Å². The summed E-state index contributed by atoms with van der Waals surface area (Å²) in [5.74, 6) is 1.92. The lowest BCUT2D eigenvalue weighted by molar-refractivity contribution is 0.271. The maximum Gasteiger partial charge on any atom is 0.188 e. The second-order valence-electron chi connectivity index (χ2n) is 5.68. The number of hydrogen-bond donors (Lipinski definition) is 2. The molecule has 0 amide bonds. The predicted octanol–water partition coefficient (Wildman–Crippen LogP) is 2.74. The minimum Gasteiger partial charge on any atom is -0.493 e. The third kappa shape index (κ3) is 8.02. The first-order valence-electron chi connectivity index (χ1n) is 7.37. The molecule has 0 saturated carbocycles. The van der Waals surface area contributed by atoms with E-state index < -0.39 is 0 Å². The van der Waals surface area contributed by atoms with Crippen molar-refractivity contribution in [2.45, 2.75) is 27.2 Å². The molecular weight excluding hydrogens is 262 g/mol. The van der Waals surface area contributed by atoms with Crippen LogP contribution >= 0.6 is 0 Å². The van der Waals surface area contributed by atoms with Crippen molar-refractivity contribution in [3.63, 3.8) is 0 Å². The number of nitrogens with two attached hydrogens (primary N) is 1. The minimum atomic E-state index is 0.467. The van der Waals surface area contributed by atoms with Gasteiger partial charge in [-0.15, -0.1) is 0 Å². The van der Waals surface area contributed by atoms with Crippen LogP contribution in [-0.4, -0.2) is 25.7 Å². The number of benzene rings is 1. The summed E-state index contributed by atoms with van der Waals surface area (Å²) in [6, 6.07) is 8.18. The largest absolute Gasteiger partial charge is 0.493 e. The van der Waals surface area contributed by atoms with Gasteiger partial charge in [-0.1, -0.05) is 38.1 Å². The van der Waals surface area contributed by atoms with Gasteiger partial charge >= 0.3 is 0 Å². The molecule has 21 heavy (non-hydrogen) atoms. The molecule has 0 fully saturated rings. The average molecular weight is 289 g/mol. The molecule has 116 valence electrons. The quantitative estimate of drug-likeness (QED) is 0.439. The Morgan fingerprint density at radius 2 is 2.00 bits per heavy atom. The van der Waals surface area contributed by atoms with Crippen LogP contribution in [0.25, 0.3) is 0 Å². The summed E-state index contributed by atoms with van der Waals surface area (Å²) in [7, 11) is 0. The van der Waals surface area contributed by atoms with E-state index in [2.05, 4.69) is 42.9 Å². The predicted molar refractivity (Wildman–Crippen MR) is 89.8 cm³/mol. The second kappa shape index (κ2) is 9.06. The van der Waals surface area contributed by atoms with Crippen LogP contribution in [0.15, 0.2) is 41.4 Å². The van der Waals surface area contributed by atoms with Crippen LogP contribution in [0.4, 0.5) is 0 Å². The van der Waals surface area contributed by atoms with Crippen LogP contribution in [-0.2, 0) is 6.42 Å². The molecule has 1 aromatic rings. The molecule has 0 bridgehead atoms. The topological polar surface area (TPSA) is 59.6 Å². The molecule has 0 aromatic heterocycles. The summed E-state index contributed by atoms with van der Waals surface area (Å²) in [6.45, 7) is 12.1. The van der Waals surface area contributed by atoms with E-state index in [1.165, 1.54) is 5.56 Å². The van der Waals surface area contributed by atoms with Crippen molar-refractivity contribution in [3.05, 3.63) is 42.0 Å². The van der Waals surface area contributed by atoms with Gasteiger partial charge in [-0.25, -0.2) is 4.99 Å². The van der Waals surface area contributed by atoms with Crippen molar-refractivity contribution in [1.29, 1.82) is 0 Å². The Kier molecular flexibility index (Phi) is 7.37. The first-order chi connectivity index (χ1) is 9.97. The molecule has 0 aliphatic carbocycles. The summed E-state index contributed by atoms with van der Waals surface area (Å²) in [5, 5.41) is 3.10. The molecule has 1 rings (SSSR count). The zero-order valence-corrected chi connectivity index (χ0v) is 13.4. The molecule has 0 spiro atoms. The van der Waals surface area contributed by atoms with Gasteiger partial charge in [0, 0.05) is 6.54 Å². The van der Waals surface area contributed by atoms with Gasteiger partial charge in [0.05, 0.1) is 13.2 Å². The molecule has 4 heteroatoms. The maximum atomic E-state index is 5.76. The Bertz CT molecular complexity index is 463. The normalized spacial score (nSPS) is 11.5. The summed E-state index contributed by atoms with van der Waals surface area (Å²) in [5.41, 5.74) is 8.00. The van der Waals surface area contributed by atoms with E-state index in [-0.39, 0.29) is 0 Å². The zero-order valence-electron chi connectivity index (χ0n) is 13.4. The van der Waals surface area contributed by atoms with E-state index in [9.17, 15) is 0 Å². The van der Waals surface area contributed by atoms with Crippen LogP contribution in [0.2, 0.25) is 0 Å². The lowest BCUT2D eigenvalue weighted by Gasteiger charge is -2.09. The third-order valence-electron chi connectivity index (χ3n) is 2.75. The summed E-state index contributed by atoms with van der Waals surface area (Å²) < 4.78 is 5.66. The lowest BCUT2D eigenvalue weighted by atomic mass is 10.1. The molecule has 0 heterocycles. The first-order valence-corrected chi connectivity index (χ1v) is 7.37. The monoisotopic (exact) mass is 289 g/mol. The van der Waals surface area contributed by atoms with E-state index in [0.717, 1.165) is 30.9 Å². The number of nitrogens with one attached hydrogen (secondary N) is 1. The average Bonchev–Trinajstić information content (AvgIpc) is 2.44. The van der Waals surface area contributed by atoms with Gasteiger partial charge in [-0.2, -0.15) is 0 Å². The van der Waals surface area contributed by atoms with E-state index in [1.54, 1.807) is 0 Å². The maximum absolute atomic E-state index is 5.76. The van der Waals surface area contributed by atoms with Crippen molar-refractivity contribution < 1.29 is 4.74 Å². The van der Waals surface area contributed by atoms with Crippen molar-refractivity contribution in [1.82, 2.24) is 5.32 Å². The number of hydrogen-bond acceptors (Lipinski definition) is 2. The number of nitrogens with zero attached hydrogens (tertiary/aromatic N) is 1. The highest BCUT2D eigenvalue weighted by molar-refractivity contribution is 5.77. The molecule has 0 atom stereocenters. The molecular formula is C17H27N3O. The third-order valence-corrected chi connectivity index (χ3v) is 2.75. The van der Waals surface area contributed by atoms with E-state index >= 15 is 0 Å². The van der Waals surface area contributed by atoms with Crippen LogP contribution in [0.5, 0.6) is 5.75 Å². The standard InChI is InChI=1S/C17H27N3O/c1-13(2)11-20-17(18)19-10-9-15-5-7-16(8-6-15)21-12-14(3)4/h5-8,14H,1,9-12H2,2-4H3,(H3,18,19,20). The first kappa shape index (κ1) is 17.1. The Balaban J connectivity index is 2.32. The number of ether oxygens (including phenoxy) is 1. The van der Waals surface area contributed by atoms with Gasteiger partial charge in [-0.3, -0.25) is 0 Å². The van der Waals surface area contributed by atoms with Gasteiger partial charge in [0.1, 0.15) is 5.75 Å². The van der Waals surface area contributed by atoms with Gasteiger partial charge in [0.15, 0.2) is 5.96 Å². The highest BCUT2D eigenvalue weighted by Gasteiger charge is 1.99. The summed E-state index contributed by atoms with van der Waals surface area (Å²) in [6.07, 6.45) is 0.897. The number of aliphatic imine (C=N–C) groups is 1. The fraction of sp³-hybridized carbons (Fsp3) is 0.471. The van der Waals surface area contributed by atoms with Crippen molar-refractivity contribution in [3.8, 4) is 5.75 Å². The summed E-state index contributed by atoms with van der Waals surface area (Å²) >= 11 is 0. The minimum absolute atomic E-state index is 0.467. The lowest BCUT2D eigenvalue weighted by Crippen LogP contribution is -2.33. The molecule has 0 aliphatic rings. The fourth-order valence-electron chi connectivity index (χ4n) is 1.63. The van der Waals surface area contributed by atoms with Crippen LogP contribution in [0, 0.1) is 5.92 Å². The molecule has 0 aliphatic heterocycles. The zero-order chi connectivity index (χ0) is 15.7. The Morgan fingerprint density at radius 3 is 2.57 bits per heavy atom. The molecule has 4 nitrogen and oxygen atoms in total.